The normalized spacial score (nSPS) is 10.9. The summed E-state index contributed by atoms with van der Waals surface area (Å²) in [5.74, 6) is 0.0888. The maximum Gasteiger partial charge on any atom is 0.260 e. The molecule has 7 heteroatoms. The second kappa shape index (κ2) is 8.63. The molecule has 2 N–H and O–H groups in total. The molecule has 0 radical (unpaired) electrons. The third-order valence-electron chi connectivity index (χ3n) is 4.45. The van der Waals surface area contributed by atoms with Crippen molar-refractivity contribution >= 4 is 39.2 Å². The summed E-state index contributed by atoms with van der Waals surface area (Å²) in [5, 5.41) is 3.94. The van der Waals surface area contributed by atoms with Gasteiger partial charge in [-0.15, -0.1) is 11.3 Å². The van der Waals surface area contributed by atoms with Crippen LogP contribution in [0.1, 0.15) is 10.4 Å². The van der Waals surface area contributed by atoms with Crippen LogP contribution in [-0.2, 0) is 11.3 Å². The van der Waals surface area contributed by atoms with Crippen LogP contribution in [0.4, 0.5) is 0 Å². The standard InChI is InChI=1S/C22H19N3O2S2/c1-14-18(16-10-6-3-7-11-16)19-20(27)24-22(25-21(19)29-14)28-13-17(26)23-12-15-8-4-2-5-9-15/h2-11H,12-13H2,1H3,(H,23,26)(H,24,25,27). The van der Waals surface area contributed by atoms with E-state index in [1.54, 1.807) is 0 Å². The number of nitrogens with zero attached hydrogens (tertiary/aromatic N) is 1. The summed E-state index contributed by atoms with van der Waals surface area (Å²) >= 11 is 2.73. The number of thiophene rings is 1. The molecule has 0 unspecified atom stereocenters. The highest BCUT2D eigenvalue weighted by Crippen LogP contribution is 2.35. The number of H-pyrrole nitrogens is 1. The predicted octanol–water partition coefficient (Wildman–Crippen LogP) is 4.37. The predicted molar refractivity (Wildman–Crippen MR) is 119 cm³/mol. The molecule has 0 saturated carbocycles. The number of carbonyl (C=O) groups excluding carboxylic acids is 1. The molecule has 2 aromatic carbocycles. The molecule has 0 fully saturated rings. The maximum absolute atomic E-state index is 12.8. The second-order valence-electron chi connectivity index (χ2n) is 6.50. The first-order chi connectivity index (χ1) is 14.1. The van der Waals surface area contributed by atoms with E-state index in [1.165, 1.54) is 23.1 Å². The SMILES string of the molecule is Cc1sc2nc(SCC(=O)NCc3ccccc3)[nH]c(=O)c2c1-c1ccccc1. The van der Waals surface area contributed by atoms with E-state index < -0.39 is 0 Å². The summed E-state index contributed by atoms with van der Waals surface area (Å²) in [6.07, 6.45) is 0. The highest BCUT2D eigenvalue weighted by molar-refractivity contribution is 7.99. The Bertz CT molecular complexity index is 1200. The van der Waals surface area contributed by atoms with Gasteiger partial charge >= 0.3 is 0 Å². The lowest BCUT2D eigenvalue weighted by molar-refractivity contribution is -0.118. The van der Waals surface area contributed by atoms with Gasteiger partial charge in [-0.05, 0) is 18.1 Å². The number of nitrogens with one attached hydrogen (secondary N) is 2. The summed E-state index contributed by atoms with van der Waals surface area (Å²) in [5.41, 5.74) is 2.80. The first-order valence-electron chi connectivity index (χ1n) is 9.14. The Kier molecular flexibility index (Phi) is 5.78. The van der Waals surface area contributed by atoms with E-state index in [-0.39, 0.29) is 17.2 Å². The Labute approximate surface area is 176 Å². The van der Waals surface area contributed by atoms with Crippen LogP contribution in [0, 0.1) is 6.92 Å². The number of fused-ring (bicyclic) bond motifs is 1. The van der Waals surface area contributed by atoms with Crippen molar-refractivity contribution in [1.29, 1.82) is 0 Å². The van der Waals surface area contributed by atoms with Crippen molar-refractivity contribution in [2.75, 3.05) is 5.75 Å². The van der Waals surface area contributed by atoms with Gasteiger partial charge in [-0.3, -0.25) is 9.59 Å². The van der Waals surface area contributed by atoms with E-state index in [2.05, 4.69) is 15.3 Å². The van der Waals surface area contributed by atoms with Crippen molar-refractivity contribution in [2.24, 2.45) is 0 Å². The van der Waals surface area contributed by atoms with Gasteiger partial charge in [0.2, 0.25) is 5.91 Å². The molecule has 2 aromatic heterocycles. The highest BCUT2D eigenvalue weighted by atomic mass is 32.2. The molecule has 4 rings (SSSR count). The number of benzene rings is 2. The van der Waals surface area contributed by atoms with Crippen LogP contribution in [-0.4, -0.2) is 21.6 Å². The van der Waals surface area contributed by atoms with Gasteiger partial charge in [-0.2, -0.15) is 0 Å². The zero-order valence-corrected chi connectivity index (χ0v) is 17.4. The molecule has 0 atom stereocenters. The molecule has 0 aliphatic rings. The Morgan fingerprint density at radius 3 is 2.52 bits per heavy atom. The van der Waals surface area contributed by atoms with Gasteiger partial charge in [0.15, 0.2) is 5.16 Å². The van der Waals surface area contributed by atoms with Gasteiger partial charge in [0, 0.05) is 17.0 Å². The number of aromatic amines is 1. The number of carbonyl (C=O) groups is 1. The molecule has 4 aromatic rings. The van der Waals surface area contributed by atoms with Gasteiger partial charge in [0.25, 0.3) is 5.56 Å². The molecular weight excluding hydrogens is 402 g/mol. The molecule has 0 spiro atoms. The molecule has 29 heavy (non-hydrogen) atoms. The Morgan fingerprint density at radius 1 is 1.10 bits per heavy atom. The van der Waals surface area contributed by atoms with Crippen LogP contribution in [0.25, 0.3) is 21.3 Å². The van der Waals surface area contributed by atoms with Crippen molar-refractivity contribution in [1.82, 2.24) is 15.3 Å². The molecule has 146 valence electrons. The highest BCUT2D eigenvalue weighted by Gasteiger charge is 2.17. The first kappa shape index (κ1) is 19.4. The van der Waals surface area contributed by atoms with E-state index >= 15 is 0 Å². The smallest absolute Gasteiger partial charge is 0.260 e. The summed E-state index contributed by atoms with van der Waals surface area (Å²) in [6, 6.07) is 19.6. The topological polar surface area (TPSA) is 74.8 Å². The van der Waals surface area contributed by atoms with Gasteiger partial charge in [-0.1, -0.05) is 72.4 Å². The minimum Gasteiger partial charge on any atom is -0.351 e. The number of aryl methyl sites for hydroxylation is 1. The lowest BCUT2D eigenvalue weighted by Crippen LogP contribution is -2.24. The number of rotatable bonds is 6. The molecular formula is C22H19N3O2S2. The van der Waals surface area contributed by atoms with E-state index in [0.29, 0.717) is 21.9 Å². The minimum atomic E-state index is -0.176. The van der Waals surface area contributed by atoms with Gasteiger partial charge in [0.05, 0.1) is 11.1 Å². The number of hydrogen-bond donors (Lipinski definition) is 2. The fourth-order valence-corrected chi connectivity index (χ4v) is 4.90. The molecule has 0 saturated heterocycles. The number of thioether (sulfide) groups is 1. The third-order valence-corrected chi connectivity index (χ3v) is 6.32. The van der Waals surface area contributed by atoms with Crippen molar-refractivity contribution in [3.63, 3.8) is 0 Å². The van der Waals surface area contributed by atoms with Crippen molar-refractivity contribution in [3.05, 3.63) is 81.5 Å². The summed E-state index contributed by atoms with van der Waals surface area (Å²) in [7, 11) is 0. The molecule has 0 aliphatic carbocycles. The summed E-state index contributed by atoms with van der Waals surface area (Å²) in [6.45, 7) is 2.48. The van der Waals surface area contributed by atoms with E-state index in [0.717, 1.165) is 21.6 Å². The zero-order valence-electron chi connectivity index (χ0n) is 15.8. The van der Waals surface area contributed by atoms with E-state index in [9.17, 15) is 9.59 Å². The maximum atomic E-state index is 12.8. The van der Waals surface area contributed by atoms with Crippen molar-refractivity contribution in [3.8, 4) is 11.1 Å². The van der Waals surface area contributed by atoms with Crippen LogP contribution in [0.5, 0.6) is 0 Å². The molecule has 0 aliphatic heterocycles. The largest absolute Gasteiger partial charge is 0.351 e. The Balaban J connectivity index is 1.49. The lowest BCUT2D eigenvalue weighted by atomic mass is 10.0. The average molecular weight is 422 g/mol. The number of hydrogen-bond acceptors (Lipinski definition) is 5. The Hall–Kier alpha value is -2.90. The van der Waals surface area contributed by atoms with Gasteiger partial charge < -0.3 is 10.3 Å². The number of aromatic nitrogens is 2. The zero-order chi connectivity index (χ0) is 20.2. The van der Waals surface area contributed by atoms with Gasteiger partial charge in [0.1, 0.15) is 4.83 Å². The monoisotopic (exact) mass is 421 g/mol. The summed E-state index contributed by atoms with van der Waals surface area (Å²) < 4.78 is 0. The van der Waals surface area contributed by atoms with Crippen LogP contribution in [0.15, 0.2) is 70.6 Å². The van der Waals surface area contributed by atoms with E-state index in [4.69, 9.17) is 0 Å². The fraction of sp³-hybridized carbons (Fsp3) is 0.136. The minimum absolute atomic E-state index is 0.103. The first-order valence-corrected chi connectivity index (χ1v) is 10.9. The molecule has 5 nitrogen and oxygen atoms in total. The lowest BCUT2D eigenvalue weighted by Gasteiger charge is -2.05. The van der Waals surface area contributed by atoms with Gasteiger partial charge in [-0.25, -0.2) is 4.98 Å². The molecule has 1 amide bonds. The van der Waals surface area contributed by atoms with E-state index in [1.807, 2.05) is 67.6 Å². The average Bonchev–Trinajstić information content (AvgIpc) is 3.08. The van der Waals surface area contributed by atoms with Crippen LogP contribution in [0.3, 0.4) is 0 Å². The number of amides is 1. The Morgan fingerprint density at radius 2 is 1.79 bits per heavy atom. The van der Waals surface area contributed by atoms with Crippen LogP contribution in [0.2, 0.25) is 0 Å². The summed E-state index contributed by atoms with van der Waals surface area (Å²) in [4.78, 5) is 34.0. The van der Waals surface area contributed by atoms with Crippen molar-refractivity contribution < 1.29 is 4.79 Å². The third kappa shape index (κ3) is 4.41. The fourth-order valence-electron chi connectivity index (χ4n) is 3.10. The van der Waals surface area contributed by atoms with Crippen molar-refractivity contribution in [2.45, 2.75) is 18.6 Å². The molecule has 2 heterocycles. The van der Waals surface area contributed by atoms with Crippen LogP contribution < -0.4 is 10.9 Å². The quantitative estimate of drug-likeness (QED) is 0.358. The van der Waals surface area contributed by atoms with Crippen LogP contribution >= 0.6 is 23.1 Å². The second-order valence-corrected chi connectivity index (χ2v) is 8.67. The molecule has 0 bridgehead atoms.